The van der Waals surface area contributed by atoms with Gasteiger partial charge in [-0.05, 0) is 87.5 Å². The fraction of sp³-hybridized carbons (Fsp3) is 0.833. The molecule has 0 aromatic rings. The van der Waals surface area contributed by atoms with Gasteiger partial charge in [-0.3, -0.25) is 24.0 Å². The number of unbranched alkanes of at least 4 members (excludes halogenated alkanes) is 1. The van der Waals surface area contributed by atoms with Gasteiger partial charge in [0.1, 0.15) is 30.5 Å². The molecule has 0 rings (SSSR count). The van der Waals surface area contributed by atoms with E-state index in [2.05, 4.69) is 26.6 Å². The molecule has 284 valence electrons. The molecule has 0 bridgehead atoms. The molecule has 0 fully saturated rings. The van der Waals surface area contributed by atoms with E-state index in [1.165, 1.54) is 0 Å². The molecule has 0 aliphatic heterocycles. The van der Waals surface area contributed by atoms with Crippen molar-refractivity contribution in [1.82, 2.24) is 26.6 Å². The molecule has 0 heterocycles. The zero-order valence-electron chi connectivity index (χ0n) is 31.9. The van der Waals surface area contributed by atoms with Crippen LogP contribution in [0.3, 0.4) is 0 Å². The minimum Gasteiger partial charge on any atom is -0.345 e. The molecular formula is C36H69N7O6. The first-order chi connectivity index (χ1) is 22.8. The van der Waals surface area contributed by atoms with E-state index in [-0.39, 0.29) is 42.4 Å². The minimum atomic E-state index is -1.01. The van der Waals surface area contributed by atoms with E-state index < -0.39 is 65.8 Å². The minimum absolute atomic E-state index is 0.00823. The molecule has 0 radical (unpaired) electrons. The predicted molar refractivity (Wildman–Crippen MR) is 194 cm³/mol. The van der Waals surface area contributed by atoms with Gasteiger partial charge in [0, 0.05) is 0 Å². The summed E-state index contributed by atoms with van der Waals surface area (Å²) in [7, 11) is 0. The molecule has 6 atom stereocenters. The smallest absolute Gasteiger partial charge is 0.243 e. The average Bonchev–Trinajstić information content (AvgIpc) is 2.97. The summed E-state index contributed by atoms with van der Waals surface area (Å²) in [6, 6.07) is -5.29. The molecule has 49 heavy (non-hydrogen) atoms. The van der Waals surface area contributed by atoms with Crippen LogP contribution in [0.2, 0.25) is 0 Å². The van der Waals surface area contributed by atoms with Gasteiger partial charge in [0.15, 0.2) is 0 Å². The molecule has 0 saturated carbocycles. The molecule has 5 amide bonds. The lowest BCUT2D eigenvalue weighted by molar-refractivity contribution is -0.135. The summed E-state index contributed by atoms with van der Waals surface area (Å²) in [5.74, 6) is -2.02. The number of rotatable bonds is 25. The number of amides is 5. The highest BCUT2D eigenvalue weighted by Gasteiger charge is 2.33. The monoisotopic (exact) mass is 696 g/mol. The lowest BCUT2D eigenvalue weighted by Gasteiger charge is -2.28. The van der Waals surface area contributed by atoms with Crippen LogP contribution in [0.15, 0.2) is 0 Å². The topological polar surface area (TPSA) is 215 Å². The number of aldehydes is 1. The lowest BCUT2D eigenvalue weighted by atomic mass is 9.98. The molecule has 0 aromatic carbocycles. The van der Waals surface area contributed by atoms with Crippen molar-refractivity contribution in [2.75, 3.05) is 6.54 Å². The molecule has 0 aliphatic carbocycles. The van der Waals surface area contributed by atoms with E-state index in [0.717, 1.165) is 0 Å². The average molecular weight is 696 g/mol. The van der Waals surface area contributed by atoms with E-state index in [4.69, 9.17) is 11.5 Å². The molecule has 9 N–H and O–H groups in total. The number of carbonyl (C=O) groups excluding carboxylic acids is 6. The summed E-state index contributed by atoms with van der Waals surface area (Å²) in [4.78, 5) is 78.8. The molecule has 0 unspecified atom stereocenters. The van der Waals surface area contributed by atoms with Crippen LogP contribution in [0, 0.1) is 29.6 Å². The first-order valence-corrected chi connectivity index (χ1v) is 18.2. The maximum atomic E-state index is 13.8. The van der Waals surface area contributed by atoms with Crippen molar-refractivity contribution in [3.63, 3.8) is 0 Å². The van der Waals surface area contributed by atoms with Crippen LogP contribution in [0.4, 0.5) is 0 Å². The Kier molecular flexibility index (Phi) is 22.6. The third-order valence-electron chi connectivity index (χ3n) is 7.88. The summed E-state index contributed by atoms with van der Waals surface area (Å²) < 4.78 is 0. The molecule has 0 spiro atoms. The number of nitrogens with two attached hydrogens (primary N) is 2. The molecule has 13 nitrogen and oxygen atoms in total. The lowest BCUT2D eigenvalue weighted by Crippen LogP contribution is -2.59. The van der Waals surface area contributed by atoms with Crippen molar-refractivity contribution in [1.29, 1.82) is 0 Å². The second-order valence-corrected chi connectivity index (χ2v) is 15.5. The highest BCUT2D eigenvalue weighted by atomic mass is 16.2. The van der Waals surface area contributed by atoms with Crippen LogP contribution in [0.25, 0.3) is 0 Å². The number of nitrogens with one attached hydrogen (secondary N) is 5. The van der Waals surface area contributed by atoms with Crippen LogP contribution >= 0.6 is 0 Å². The maximum Gasteiger partial charge on any atom is 0.243 e. The highest BCUT2D eigenvalue weighted by Crippen LogP contribution is 2.13. The Morgan fingerprint density at radius 3 is 1.20 bits per heavy atom. The molecule has 0 saturated heterocycles. The summed E-state index contributed by atoms with van der Waals surface area (Å²) in [6.45, 7) is 19.7. The second kappa shape index (κ2) is 24.2. The summed E-state index contributed by atoms with van der Waals surface area (Å²) >= 11 is 0. The summed E-state index contributed by atoms with van der Waals surface area (Å²) in [5, 5.41) is 14.0. The van der Waals surface area contributed by atoms with Crippen molar-refractivity contribution in [2.45, 2.75) is 157 Å². The SMILES string of the molecule is CC(C)C[C@@H](C=O)NC(=O)[C@H](CC(C)C)NC(=O)[C@H](CCCCN)NC(=O)[C@H](CC(C)C)NC(=O)[C@H](CC(C)C)NC(=O)[C@@H](N)CC(C)C. The number of carbonyl (C=O) groups is 6. The van der Waals surface area contributed by atoms with Crippen molar-refractivity contribution >= 4 is 35.8 Å². The van der Waals surface area contributed by atoms with E-state index in [1.807, 2.05) is 69.2 Å². The van der Waals surface area contributed by atoms with Gasteiger partial charge in [0.2, 0.25) is 29.5 Å². The zero-order chi connectivity index (χ0) is 37.8. The maximum absolute atomic E-state index is 13.8. The molecule has 13 heteroatoms. The fourth-order valence-corrected chi connectivity index (χ4v) is 5.52. The van der Waals surface area contributed by atoms with Crippen molar-refractivity contribution in [3.8, 4) is 0 Å². The zero-order valence-corrected chi connectivity index (χ0v) is 31.9. The summed E-state index contributed by atoms with van der Waals surface area (Å²) in [6.07, 6.45) is 3.99. The van der Waals surface area contributed by atoms with E-state index in [9.17, 15) is 28.8 Å². The molecule has 0 aliphatic rings. The van der Waals surface area contributed by atoms with Crippen molar-refractivity contribution in [2.24, 2.45) is 41.1 Å². The Labute approximate surface area is 295 Å². The van der Waals surface area contributed by atoms with E-state index in [1.54, 1.807) is 0 Å². The Balaban J connectivity index is 6.12. The number of hydrogen-bond acceptors (Lipinski definition) is 8. The van der Waals surface area contributed by atoms with Crippen molar-refractivity contribution < 1.29 is 28.8 Å². The Morgan fingerprint density at radius 1 is 0.490 bits per heavy atom. The fourth-order valence-electron chi connectivity index (χ4n) is 5.52. The van der Waals surface area contributed by atoms with Gasteiger partial charge < -0.3 is 42.8 Å². The second-order valence-electron chi connectivity index (χ2n) is 15.5. The molecule has 0 aromatic heterocycles. The van der Waals surface area contributed by atoms with Gasteiger partial charge >= 0.3 is 0 Å². The summed E-state index contributed by atoms with van der Waals surface area (Å²) in [5.41, 5.74) is 11.8. The third-order valence-corrected chi connectivity index (χ3v) is 7.88. The Morgan fingerprint density at radius 2 is 0.837 bits per heavy atom. The third kappa shape index (κ3) is 20.3. The van der Waals surface area contributed by atoms with Crippen LogP contribution in [0.5, 0.6) is 0 Å². The largest absolute Gasteiger partial charge is 0.345 e. The van der Waals surface area contributed by atoms with Gasteiger partial charge in [-0.2, -0.15) is 0 Å². The highest BCUT2D eigenvalue weighted by molar-refractivity contribution is 5.96. The van der Waals surface area contributed by atoms with Crippen LogP contribution in [0.1, 0.15) is 121 Å². The number of hydrogen-bond donors (Lipinski definition) is 7. The first-order valence-electron chi connectivity index (χ1n) is 18.2. The van der Waals surface area contributed by atoms with Gasteiger partial charge in [0.05, 0.1) is 12.1 Å². The molecular weight excluding hydrogens is 626 g/mol. The van der Waals surface area contributed by atoms with Crippen LogP contribution in [-0.4, -0.2) is 78.6 Å². The van der Waals surface area contributed by atoms with E-state index >= 15 is 0 Å². The first kappa shape index (κ1) is 45.9. The van der Waals surface area contributed by atoms with Gasteiger partial charge in [-0.1, -0.05) is 69.2 Å². The van der Waals surface area contributed by atoms with Gasteiger partial charge in [-0.15, -0.1) is 0 Å². The van der Waals surface area contributed by atoms with Crippen LogP contribution in [-0.2, 0) is 28.8 Å². The van der Waals surface area contributed by atoms with Crippen LogP contribution < -0.4 is 38.1 Å². The standard InChI is InChI=1S/C36H69N7O6/c1-21(2)15-26(20-44)39-34(47)29(17-23(5)6)42-33(46)28(13-11-12-14-37)40-35(48)31(19-25(9)10)43-36(49)30(18-24(7)8)41-32(45)27(38)16-22(3)4/h20-31H,11-19,37-38H2,1-10H3,(H,39,47)(H,40,48)(H,41,45)(H,42,46)(H,43,49)/t26-,27-,28-,29-,30-,31-/m0/s1. The van der Waals surface area contributed by atoms with Crippen molar-refractivity contribution in [3.05, 3.63) is 0 Å². The Bertz CT molecular complexity index is 1030. The van der Waals surface area contributed by atoms with E-state index in [0.29, 0.717) is 51.4 Å². The van der Waals surface area contributed by atoms with Gasteiger partial charge in [-0.25, -0.2) is 0 Å². The quantitative estimate of drug-likeness (QED) is 0.0554. The van der Waals surface area contributed by atoms with Gasteiger partial charge in [0.25, 0.3) is 0 Å². The predicted octanol–water partition coefficient (Wildman–Crippen LogP) is 2.30. The Hall–Kier alpha value is -3.06. The normalized spacial score (nSPS) is 15.4.